The fourth-order valence-electron chi connectivity index (χ4n) is 2.04. The van der Waals surface area contributed by atoms with Gasteiger partial charge < -0.3 is 0 Å². The molecule has 2 aromatic rings. The van der Waals surface area contributed by atoms with Crippen molar-refractivity contribution in [2.45, 2.75) is 0 Å². The molecule has 0 aliphatic heterocycles. The van der Waals surface area contributed by atoms with Crippen LogP contribution in [0.1, 0.15) is 0 Å². The van der Waals surface area contributed by atoms with Crippen molar-refractivity contribution in [2.24, 2.45) is 0 Å². The Labute approximate surface area is 119 Å². The van der Waals surface area contributed by atoms with Crippen LogP contribution >= 0.6 is 0 Å². The maximum absolute atomic E-state index is 11.1. The lowest BCUT2D eigenvalue weighted by Crippen LogP contribution is -2.02. The van der Waals surface area contributed by atoms with E-state index in [0.717, 1.165) is 18.2 Å². The molecule has 0 saturated heterocycles. The zero-order valence-electron chi connectivity index (χ0n) is 10.4. The van der Waals surface area contributed by atoms with Gasteiger partial charge in [0, 0.05) is 6.07 Å². The summed E-state index contributed by atoms with van der Waals surface area (Å²) in [7, 11) is 0. The largest absolute Gasteiger partial charge is 0.354 e. The normalized spacial score (nSPS) is 10.4. The summed E-state index contributed by atoms with van der Waals surface area (Å²) in [6.45, 7) is 0. The Morgan fingerprint density at radius 2 is 1.23 bits per heavy atom. The number of fused-ring (bicyclic) bond motifs is 1. The first-order valence-electron chi connectivity index (χ1n) is 5.43. The fourth-order valence-corrected chi connectivity index (χ4v) is 2.04. The minimum atomic E-state index is -1.15. The molecule has 0 unspecified atom stereocenters. The van der Waals surface area contributed by atoms with Crippen LogP contribution < -0.4 is 0 Å². The second-order valence-corrected chi connectivity index (χ2v) is 3.99. The van der Waals surface area contributed by atoms with E-state index in [9.17, 15) is 40.5 Å². The van der Waals surface area contributed by atoms with Crippen LogP contribution in [-0.4, -0.2) is 19.7 Å². The number of nitro groups is 4. The summed E-state index contributed by atoms with van der Waals surface area (Å²) in [6.07, 6.45) is 0. The Balaban J connectivity index is 3.15. The third-order valence-electron chi connectivity index (χ3n) is 2.84. The molecule has 0 fully saturated rings. The van der Waals surface area contributed by atoms with E-state index in [0.29, 0.717) is 6.07 Å². The predicted molar refractivity (Wildman–Crippen MR) is 70.6 cm³/mol. The number of nitro benzene ring substituents is 4. The van der Waals surface area contributed by atoms with Gasteiger partial charge in [0.25, 0.3) is 11.4 Å². The highest BCUT2D eigenvalue weighted by atomic mass is 16.6. The number of benzene rings is 2. The lowest BCUT2D eigenvalue weighted by Gasteiger charge is -2.03. The maximum Gasteiger partial charge on any atom is 0.354 e. The van der Waals surface area contributed by atoms with Gasteiger partial charge in [0.1, 0.15) is 11.5 Å². The molecule has 0 atom stereocenters. The number of hydrogen-bond acceptors (Lipinski definition) is 8. The van der Waals surface area contributed by atoms with Gasteiger partial charge in [-0.2, -0.15) is 0 Å². The summed E-state index contributed by atoms with van der Waals surface area (Å²) >= 11 is 0. The quantitative estimate of drug-likeness (QED) is 0.611. The SMILES string of the molecule is O=[N+]([O-])c1cc([N+](=O)[O-])c2c([N+](=O)[O-])cccc2c1[N+](=O)[O-]. The Morgan fingerprint density at radius 3 is 1.68 bits per heavy atom. The van der Waals surface area contributed by atoms with Crippen molar-refractivity contribution in [3.63, 3.8) is 0 Å². The van der Waals surface area contributed by atoms with Gasteiger partial charge >= 0.3 is 11.4 Å². The van der Waals surface area contributed by atoms with Crippen LogP contribution in [0.25, 0.3) is 10.8 Å². The molecule has 0 saturated carbocycles. The second kappa shape index (κ2) is 5.01. The topological polar surface area (TPSA) is 173 Å². The average Bonchev–Trinajstić information content (AvgIpc) is 2.43. The summed E-state index contributed by atoms with van der Waals surface area (Å²) in [5, 5.41) is 42.8. The number of hydrogen-bond donors (Lipinski definition) is 0. The van der Waals surface area contributed by atoms with Crippen molar-refractivity contribution in [3.8, 4) is 0 Å². The summed E-state index contributed by atoms with van der Waals surface area (Å²) in [4.78, 5) is 39.7. The molecule has 112 valence electrons. The molecule has 0 aliphatic carbocycles. The lowest BCUT2D eigenvalue weighted by atomic mass is 10.0. The van der Waals surface area contributed by atoms with Crippen LogP contribution in [0, 0.1) is 40.5 Å². The van der Waals surface area contributed by atoms with Gasteiger partial charge in [0.2, 0.25) is 0 Å². The van der Waals surface area contributed by atoms with Gasteiger partial charge in [-0.15, -0.1) is 0 Å². The summed E-state index contributed by atoms with van der Waals surface area (Å²) in [6, 6.07) is 3.32. The first kappa shape index (κ1) is 14.7. The van der Waals surface area contributed by atoms with Crippen molar-refractivity contribution in [1.29, 1.82) is 0 Å². The molecule has 0 aliphatic rings. The molecule has 0 heterocycles. The van der Waals surface area contributed by atoms with Crippen LogP contribution in [0.15, 0.2) is 24.3 Å². The minimum Gasteiger partial charge on any atom is -0.258 e. The highest BCUT2D eigenvalue weighted by molar-refractivity contribution is 6.06. The van der Waals surface area contributed by atoms with E-state index < -0.39 is 53.2 Å². The van der Waals surface area contributed by atoms with Crippen molar-refractivity contribution in [1.82, 2.24) is 0 Å². The van der Waals surface area contributed by atoms with Gasteiger partial charge in [0.15, 0.2) is 0 Å². The molecular weight excluding hydrogens is 304 g/mol. The van der Waals surface area contributed by atoms with Crippen molar-refractivity contribution >= 4 is 33.5 Å². The molecule has 12 nitrogen and oxygen atoms in total. The van der Waals surface area contributed by atoms with E-state index in [-0.39, 0.29) is 0 Å². The van der Waals surface area contributed by atoms with Gasteiger partial charge in [0.05, 0.1) is 25.1 Å². The standard InChI is InChI=1S/C10H4N4O8/c15-11(16)6-3-1-2-5-9(6)7(12(17)18)4-8(13(19)20)10(5)14(21)22/h1-4H. The highest BCUT2D eigenvalue weighted by Crippen LogP contribution is 2.44. The molecule has 2 aromatic carbocycles. The van der Waals surface area contributed by atoms with Gasteiger partial charge in [-0.25, -0.2) is 0 Å². The highest BCUT2D eigenvalue weighted by Gasteiger charge is 2.36. The smallest absolute Gasteiger partial charge is 0.258 e. The first-order valence-corrected chi connectivity index (χ1v) is 5.43. The van der Waals surface area contributed by atoms with Crippen LogP contribution in [0.2, 0.25) is 0 Å². The molecule has 0 spiro atoms. The van der Waals surface area contributed by atoms with Crippen LogP contribution in [-0.2, 0) is 0 Å². The van der Waals surface area contributed by atoms with Crippen molar-refractivity contribution < 1.29 is 19.7 Å². The third-order valence-corrected chi connectivity index (χ3v) is 2.84. The molecule has 0 bridgehead atoms. The minimum absolute atomic E-state index is 0.355. The lowest BCUT2D eigenvalue weighted by molar-refractivity contribution is -0.423. The zero-order chi connectivity index (χ0) is 16.6. The van der Waals surface area contributed by atoms with Gasteiger partial charge in [-0.1, -0.05) is 6.07 Å². The van der Waals surface area contributed by atoms with Crippen molar-refractivity contribution in [3.05, 3.63) is 64.7 Å². The maximum atomic E-state index is 11.1. The van der Waals surface area contributed by atoms with Gasteiger partial charge in [-0.3, -0.25) is 40.5 Å². The Hall–Kier alpha value is -3.70. The van der Waals surface area contributed by atoms with E-state index in [1.165, 1.54) is 0 Å². The van der Waals surface area contributed by atoms with Gasteiger partial charge in [-0.05, 0) is 6.07 Å². The van der Waals surface area contributed by atoms with E-state index >= 15 is 0 Å². The number of rotatable bonds is 4. The number of nitrogens with zero attached hydrogens (tertiary/aromatic N) is 4. The summed E-state index contributed by atoms with van der Waals surface area (Å²) in [5.74, 6) is 0. The van der Waals surface area contributed by atoms with Crippen LogP contribution in [0.3, 0.4) is 0 Å². The van der Waals surface area contributed by atoms with E-state index in [2.05, 4.69) is 0 Å². The number of non-ortho nitro benzene ring substituents is 2. The van der Waals surface area contributed by atoms with Crippen molar-refractivity contribution in [2.75, 3.05) is 0 Å². The third kappa shape index (κ3) is 2.13. The second-order valence-electron chi connectivity index (χ2n) is 3.99. The monoisotopic (exact) mass is 308 g/mol. The molecular formula is C10H4N4O8. The molecule has 0 amide bonds. The Bertz CT molecular complexity index is 862. The Morgan fingerprint density at radius 1 is 0.682 bits per heavy atom. The zero-order valence-corrected chi connectivity index (χ0v) is 10.4. The van der Waals surface area contributed by atoms with E-state index in [1.807, 2.05) is 0 Å². The fraction of sp³-hybridized carbons (Fsp3) is 0. The van der Waals surface area contributed by atoms with E-state index in [1.54, 1.807) is 0 Å². The average molecular weight is 308 g/mol. The molecule has 0 radical (unpaired) electrons. The molecule has 0 N–H and O–H groups in total. The predicted octanol–water partition coefficient (Wildman–Crippen LogP) is 2.47. The molecule has 22 heavy (non-hydrogen) atoms. The molecule has 0 aromatic heterocycles. The van der Waals surface area contributed by atoms with Crippen LogP contribution in [0.5, 0.6) is 0 Å². The first-order chi connectivity index (χ1) is 10.3. The summed E-state index contributed by atoms with van der Waals surface area (Å²) < 4.78 is 0. The van der Waals surface area contributed by atoms with E-state index in [4.69, 9.17) is 0 Å². The molecule has 2 rings (SSSR count). The van der Waals surface area contributed by atoms with Crippen LogP contribution in [0.4, 0.5) is 22.7 Å². The Kier molecular flexibility index (Phi) is 3.35. The molecule has 12 heteroatoms. The summed E-state index contributed by atoms with van der Waals surface area (Å²) in [5.41, 5.74) is -3.83.